The molecule has 2 unspecified atom stereocenters. The van der Waals surface area contributed by atoms with Gasteiger partial charge in [0.15, 0.2) is 0 Å². The van der Waals surface area contributed by atoms with Gasteiger partial charge in [0.2, 0.25) is 0 Å². The van der Waals surface area contributed by atoms with E-state index in [4.69, 9.17) is 6.42 Å². The standard InChI is InChI=1S/C9H9/c1-2-8-5-7-3-4-9(8)6-7/h5,7,9H,3-4,6H2. The summed E-state index contributed by atoms with van der Waals surface area (Å²) in [5.41, 5.74) is 1.17. The van der Waals surface area contributed by atoms with E-state index in [0.717, 1.165) is 5.92 Å². The van der Waals surface area contributed by atoms with Crippen LogP contribution < -0.4 is 0 Å². The van der Waals surface area contributed by atoms with Crippen molar-refractivity contribution in [2.45, 2.75) is 19.3 Å². The van der Waals surface area contributed by atoms with Gasteiger partial charge in [-0.2, -0.15) is 0 Å². The highest BCUT2D eigenvalue weighted by Crippen LogP contribution is 2.43. The van der Waals surface area contributed by atoms with E-state index in [2.05, 4.69) is 12.0 Å². The van der Waals surface area contributed by atoms with Crippen LogP contribution in [0.1, 0.15) is 19.3 Å². The van der Waals surface area contributed by atoms with Crippen LogP contribution in [-0.2, 0) is 0 Å². The zero-order valence-electron chi connectivity index (χ0n) is 5.35. The molecule has 2 atom stereocenters. The second-order valence-electron chi connectivity index (χ2n) is 3.02. The van der Waals surface area contributed by atoms with Crippen molar-refractivity contribution in [3.05, 3.63) is 18.1 Å². The maximum Gasteiger partial charge on any atom is 0.00247 e. The van der Waals surface area contributed by atoms with Gasteiger partial charge in [0.05, 0.1) is 0 Å². The zero-order valence-corrected chi connectivity index (χ0v) is 5.35. The topological polar surface area (TPSA) is 0 Å². The first kappa shape index (κ1) is 5.11. The Morgan fingerprint density at radius 2 is 2.44 bits per heavy atom. The Balaban J connectivity index is 2.30. The van der Waals surface area contributed by atoms with Gasteiger partial charge < -0.3 is 0 Å². The maximum atomic E-state index is 6.94. The van der Waals surface area contributed by atoms with Crippen LogP contribution in [0.15, 0.2) is 11.6 Å². The second kappa shape index (κ2) is 1.64. The van der Waals surface area contributed by atoms with Crippen molar-refractivity contribution in [1.29, 1.82) is 0 Å². The summed E-state index contributed by atoms with van der Waals surface area (Å²) in [6.45, 7) is 0. The van der Waals surface area contributed by atoms with Crippen LogP contribution in [-0.4, -0.2) is 0 Å². The summed E-state index contributed by atoms with van der Waals surface area (Å²) in [7, 11) is 0. The summed E-state index contributed by atoms with van der Waals surface area (Å²) in [6.07, 6.45) is 13.1. The highest BCUT2D eigenvalue weighted by molar-refractivity contribution is 5.32. The third-order valence-electron chi connectivity index (χ3n) is 2.47. The molecular weight excluding hydrogens is 108 g/mol. The van der Waals surface area contributed by atoms with Crippen LogP contribution in [0.4, 0.5) is 0 Å². The average Bonchev–Trinajstić information content (AvgIpc) is 2.45. The van der Waals surface area contributed by atoms with Crippen molar-refractivity contribution in [3.8, 4) is 5.92 Å². The summed E-state index contributed by atoms with van der Waals surface area (Å²) in [4.78, 5) is 0. The molecule has 1 saturated carbocycles. The molecule has 0 aliphatic heterocycles. The molecule has 2 aliphatic carbocycles. The third kappa shape index (κ3) is 0.612. The van der Waals surface area contributed by atoms with Crippen molar-refractivity contribution in [1.82, 2.24) is 0 Å². The third-order valence-corrected chi connectivity index (χ3v) is 2.47. The van der Waals surface area contributed by atoms with Gasteiger partial charge in [-0.25, -0.2) is 0 Å². The Morgan fingerprint density at radius 1 is 1.56 bits per heavy atom. The quantitative estimate of drug-likeness (QED) is 0.425. The van der Waals surface area contributed by atoms with Crippen LogP contribution >= 0.6 is 0 Å². The van der Waals surface area contributed by atoms with E-state index < -0.39 is 0 Å². The fraction of sp³-hybridized carbons (Fsp3) is 0.556. The molecule has 0 aromatic heterocycles. The van der Waals surface area contributed by atoms with Crippen LogP contribution in [0.25, 0.3) is 0 Å². The van der Waals surface area contributed by atoms with Gasteiger partial charge in [-0.15, -0.1) is 0 Å². The summed E-state index contributed by atoms with van der Waals surface area (Å²) in [5.74, 6) is 4.03. The Labute approximate surface area is 56.0 Å². The highest BCUT2D eigenvalue weighted by atomic mass is 14.3. The Bertz CT molecular complexity index is 193. The van der Waals surface area contributed by atoms with Gasteiger partial charge in [0, 0.05) is 5.57 Å². The second-order valence-corrected chi connectivity index (χ2v) is 3.02. The average molecular weight is 117 g/mol. The van der Waals surface area contributed by atoms with Crippen LogP contribution in [0.2, 0.25) is 0 Å². The normalized spacial score (nSPS) is 38.3. The van der Waals surface area contributed by atoms with Gasteiger partial charge in [-0.05, 0) is 37.5 Å². The summed E-state index contributed by atoms with van der Waals surface area (Å²) in [5, 5.41) is 0. The SMILES string of the molecule is [C]#CC1=CC2CCC1C2. The minimum absolute atomic E-state index is 0.715. The first-order chi connectivity index (χ1) is 4.40. The number of allylic oxidation sites excluding steroid dienone is 2. The van der Waals surface area contributed by atoms with Crippen molar-refractivity contribution in [2.24, 2.45) is 11.8 Å². The molecule has 0 aromatic carbocycles. The monoisotopic (exact) mass is 117 g/mol. The first-order valence-electron chi connectivity index (χ1n) is 3.54. The van der Waals surface area contributed by atoms with E-state index in [0.29, 0.717) is 5.92 Å². The summed E-state index contributed by atoms with van der Waals surface area (Å²) in [6, 6.07) is 0. The first-order valence-corrected chi connectivity index (χ1v) is 3.54. The Kier molecular flexibility index (Phi) is 0.931. The van der Waals surface area contributed by atoms with Gasteiger partial charge in [0.25, 0.3) is 0 Å². The van der Waals surface area contributed by atoms with E-state index in [1.807, 2.05) is 0 Å². The molecule has 2 rings (SSSR count). The van der Waals surface area contributed by atoms with E-state index >= 15 is 0 Å². The highest BCUT2D eigenvalue weighted by Gasteiger charge is 2.31. The van der Waals surface area contributed by atoms with Crippen LogP contribution in [0, 0.1) is 24.2 Å². The van der Waals surface area contributed by atoms with Crippen molar-refractivity contribution in [3.63, 3.8) is 0 Å². The van der Waals surface area contributed by atoms with E-state index in [9.17, 15) is 0 Å². The smallest absolute Gasteiger partial charge is 0.00247 e. The Morgan fingerprint density at radius 3 is 2.78 bits per heavy atom. The molecule has 0 heterocycles. The molecule has 1 fully saturated rings. The molecule has 0 spiro atoms. The number of hydrogen-bond donors (Lipinski definition) is 0. The molecule has 2 aliphatic rings. The minimum Gasteiger partial charge on any atom is -0.0695 e. The molecule has 0 N–H and O–H groups in total. The lowest BCUT2D eigenvalue weighted by Gasteiger charge is -2.04. The van der Waals surface area contributed by atoms with E-state index in [-0.39, 0.29) is 0 Å². The molecule has 45 valence electrons. The van der Waals surface area contributed by atoms with Crippen molar-refractivity contribution < 1.29 is 0 Å². The molecule has 0 amide bonds. The van der Waals surface area contributed by atoms with Crippen LogP contribution in [0.3, 0.4) is 0 Å². The van der Waals surface area contributed by atoms with Gasteiger partial charge in [-0.3, -0.25) is 0 Å². The van der Waals surface area contributed by atoms with Crippen LogP contribution in [0.5, 0.6) is 0 Å². The van der Waals surface area contributed by atoms with Gasteiger partial charge >= 0.3 is 0 Å². The molecular formula is C9H9. The predicted molar refractivity (Wildman–Crippen MR) is 36.0 cm³/mol. The lowest BCUT2D eigenvalue weighted by Crippen LogP contribution is -1.93. The maximum absolute atomic E-state index is 6.94. The van der Waals surface area contributed by atoms with Crippen molar-refractivity contribution in [2.75, 3.05) is 0 Å². The van der Waals surface area contributed by atoms with Crippen molar-refractivity contribution >= 4 is 0 Å². The number of fused-ring (bicyclic) bond motifs is 2. The summed E-state index contributed by atoms with van der Waals surface area (Å²) < 4.78 is 0. The molecule has 0 saturated heterocycles. The zero-order chi connectivity index (χ0) is 6.27. The lowest BCUT2D eigenvalue weighted by molar-refractivity contribution is 0.675. The molecule has 1 radical (unpaired) electrons. The molecule has 0 nitrogen and oxygen atoms in total. The predicted octanol–water partition coefficient (Wildman–Crippen LogP) is 1.93. The fourth-order valence-corrected chi connectivity index (χ4v) is 1.98. The van der Waals surface area contributed by atoms with E-state index in [1.54, 1.807) is 0 Å². The number of rotatable bonds is 0. The molecule has 2 bridgehead atoms. The van der Waals surface area contributed by atoms with Gasteiger partial charge in [-0.1, -0.05) is 12.0 Å². The minimum atomic E-state index is 0.715. The lowest BCUT2D eigenvalue weighted by atomic mass is 10.00. The largest absolute Gasteiger partial charge is 0.0695 e. The Hall–Kier alpha value is -0.700. The van der Waals surface area contributed by atoms with E-state index in [1.165, 1.54) is 24.8 Å². The fourth-order valence-electron chi connectivity index (χ4n) is 1.98. The molecule has 0 heteroatoms. The molecule has 0 aromatic rings. The number of hydrogen-bond acceptors (Lipinski definition) is 0. The summed E-state index contributed by atoms with van der Waals surface area (Å²) >= 11 is 0. The van der Waals surface area contributed by atoms with Gasteiger partial charge in [0.1, 0.15) is 0 Å². The molecule has 9 heavy (non-hydrogen) atoms.